The van der Waals surface area contributed by atoms with E-state index in [4.69, 9.17) is 5.14 Å². The number of carbonyl (C=O) groups excluding carboxylic acids is 2. The van der Waals surface area contributed by atoms with E-state index in [0.717, 1.165) is 4.90 Å². The van der Waals surface area contributed by atoms with Gasteiger partial charge < -0.3 is 5.11 Å². The zero-order chi connectivity index (χ0) is 21.5. The molecule has 1 aliphatic rings. The molecule has 2 aromatic carbocycles. The number of nitro benzene ring substituents is 1. The molecule has 0 aliphatic carbocycles. The van der Waals surface area contributed by atoms with E-state index >= 15 is 0 Å². The molecule has 1 heterocycles. The number of non-ortho nitro benzene ring substituents is 1. The van der Waals surface area contributed by atoms with Gasteiger partial charge in [0.2, 0.25) is 10.0 Å². The number of carbonyl (C=O) groups is 2. The van der Waals surface area contributed by atoms with Crippen molar-refractivity contribution in [3.05, 3.63) is 75.5 Å². The van der Waals surface area contributed by atoms with Gasteiger partial charge in [-0.2, -0.15) is 0 Å². The Labute approximate surface area is 165 Å². The highest BCUT2D eigenvalue weighted by Gasteiger charge is 2.43. The molecule has 0 saturated carbocycles. The number of nitrogens with two attached hydrogens (primary N) is 1. The Morgan fingerprint density at radius 1 is 1.14 bits per heavy atom. The Bertz CT molecular complexity index is 1150. The lowest BCUT2D eigenvalue weighted by Gasteiger charge is -2.26. The Balaban J connectivity index is 2.13. The van der Waals surface area contributed by atoms with Crippen LogP contribution in [0.15, 0.2) is 64.8 Å². The zero-order valence-electron chi connectivity index (χ0n) is 15.0. The molecule has 0 fully saturated rings. The number of anilines is 1. The maximum atomic E-state index is 12.7. The molecule has 1 atom stereocenters. The predicted octanol–water partition coefficient (Wildman–Crippen LogP) is 1.73. The van der Waals surface area contributed by atoms with Gasteiger partial charge in [0.1, 0.15) is 0 Å². The number of aliphatic hydroxyl groups is 1. The minimum Gasteiger partial charge on any atom is -0.503 e. The maximum Gasteiger partial charge on any atom is 0.294 e. The van der Waals surface area contributed by atoms with E-state index in [0.29, 0.717) is 5.56 Å². The number of ketones is 1. The van der Waals surface area contributed by atoms with Crippen molar-refractivity contribution in [1.82, 2.24) is 0 Å². The van der Waals surface area contributed by atoms with E-state index < -0.39 is 38.4 Å². The van der Waals surface area contributed by atoms with Crippen LogP contribution in [-0.4, -0.2) is 30.1 Å². The van der Waals surface area contributed by atoms with E-state index in [2.05, 4.69) is 0 Å². The van der Waals surface area contributed by atoms with Gasteiger partial charge >= 0.3 is 0 Å². The number of amides is 1. The fourth-order valence-corrected chi connectivity index (χ4v) is 3.64. The second kappa shape index (κ2) is 7.11. The molecular weight excluding hydrogens is 402 g/mol. The SMILES string of the molecule is CC(=O)C1=C(O)C(=O)N(c2ccc(S(N)(=O)=O)cc2)C1c1ccc([N+](=O)[O-])cc1. The third kappa shape index (κ3) is 3.60. The summed E-state index contributed by atoms with van der Waals surface area (Å²) in [6.07, 6.45) is 0. The number of nitro groups is 1. The average Bonchev–Trinajstić information content (AvgIpc) is 2.92. The molecule has 1 amide bonds. The largest absolute Gasteiger partial charge is 0.503 e. The Morgan fingerprint density at radius 3 is 2.14 bits per heavy atom. The van der Waals surface area contributed by atoms with Crippen molar-refractivity contribution in [2.45, 2.75) is 17.9 Å². The zero-order valence-corrected chi connectivity index (χ0v) is 15.8. The van der Waals surface area contributed by atoms with E-state index in [1.165, 1.54) is 55.5 Å². The minimum absolute atomic E-state index is 0.167. The first-order valence-electron chi connectivity index (χ1n) is 8.17. The van der Waals surface area contributed by atoms with E-state index in [1.807, 2.05) is 0 Å². The van der Waals surface area contributed by atoms with Crippen LogP contribution in [-0.2, 0) is 19.6 Å². The Hall–Kier alpha value is -3.57. The monoisotopic (exact) mass is 417 g/mol. The number of hydrogen-bond donors (Lipinski definition) is 2. The summed E-state index contributed by atoms with van der Waals surface area (Å²) < 4.78 is 22.9. The molecule has 150 valence electrons. The third-order valence-electron chi connectivity index (χ3n) is 4.45. The molecule has 0 saturated heterocycles. The van der Waals surface area contributed by atoms with Crippen molar-refractivity contribution in [2.75, 3.05) is 4.90 Å². The van der Waals surface area contributed by atoms with Gasteiger partial charge in [-0.15, -0.1) is 0 Å². The summed E-state index contributed by atoms with van der Waals surface area (Å²) in [6.45, 7) is 1.19. The molecule has 0 radical (unpaired) electrons. The first-order chi connectivity index (χ1) is 13.5. The molecular formula is C18H15N3O7S. The Morgan fingerprint density at radius 2 is 1.69 bits per heavy atom. The third-order valence-corrected chi connectivity index (χ3v) is 5.38. The van der Waals surface area contributed by atoms with E-state index in [-0.39, 0.29) is 21.8 Å². The number of Topliss-reactive ketones (excluding diaryl/α,β-unsaturated/α-hetero) is 1. The second-order valence-corrected chi connectivity index (χ2v) is 7.85. The van der Waals surface area contributed by atoms with Crippen LogP contribution < -0.4 is 10.0 Å². The quantitative estimate of drug-likeness (QED) is 0.553. The predicted molar refractivity (Wildman–Crippen MR) is 101 cm³/mol. The van der Waals surface area contributed by atoms with Crippen LogP contribution in [0.1, 0.15) is 18.5 Å². The minimum atomic E-state index is -3.95. The van der Waals surface area contributed by atoms with Gasteiger partial charge in [0, 0.05) is 17.8 Å². The Kier molecular flexibility index (Phi) is 4.95. The lowest BCUT2D eigenvalue weighted by Crippen LogP contribution is -2.30. The molecule has 0 bridgehead atoms. The van der Waals surface area contributed by atoms with Crippen LogP contribution in [0.4, 0.5) is 11.4 Å². The molecule has 11 heteroatoms. The fraction of sp³-hybridized carbons (Fsp3) is 0.111. The normalized spacial score (nSPS) is 17.0. The average molecular weight is 417 g/mol. The lowest BCUT2D eigenvalue weighted by molar-refractivity contribution is -0.384. The summed E-state index contributed by atoms with van der Waals surface area (Å²) in [5.41, 5.74) is 0.210. The molecule has 10 nitrogen and oxygen atoms in total. The molecule has 0 aromatic heterocycles. The van der Waals surface area contributed by atoms with Crippen molar-refractivity contribution >= 4 is 33.1 Å². The van der Waals surface area contributed by atoms with Gasteiger partial charge in [0.15, 0.2) is 11.5 Å². The number of primary sulfonamides is 1. The molecule has 29 heavy (non-hydrogen) atoms. The second-order valence-electron chi connectivity index (χ2n) is 6.28. The highest BCUT2D eigenvalue weighted by molar-refractivity contribution is 7.89. The van der Waals surface area contributed by atoms with Gasteiger partial charge in [-0.25, -0.2) is 13.6 Å². The van der Waals surface area contributed by atoms with Gasteiger partial charge in [-0.3, -0.25) is 24.6 Å². The number of hydrogen-bond acceptors (Lipinski definition) is 7. The van der Waals surface area contributed by atoms with Gasteiger partial charge in [0.05, 0.1) is 21.4 Å². The number of benzene rings is 2. The molecule has 3 N–H and O–H groups in total. The van der Waals surface area contributed by atoms with Crippen LogP contribution >= 0.6 is 0 Å². The van der Waals surface area contributed by atoms with Gasteiger partial charge in [0.25, 0.3) is 11.6 Å². The number of nitrogens with zero attached hydrogens (tertiary/aromatic N) is 2. The molecule has 1 unspecified atom stereocenters. The number of aliphatic hydroxyl groups excluding tert-OH is 1. The fourth-order valence-electron chi connectivity index (χ4n) is 3.12. The van der Waals surface area contributed by atoms with E-state index in [1.54, 1.807) is 0 Å². The van der Waals surface area contributed by atoms with Crippen molar-refractivity contribution in [3.8, 4) is 0 Å². The molecule has 0 spiro atoms. The standard InChI is InChI=1S/C18H15N3O7S/c1-10(22)15-16(11-2-4-13(5-3-11)21(25)26)20(18(24)17(15)23)12-6-8-14(9-7-12)29(19,27)28/h2-9,16,23H,1H3,(H2,19,27,28). The van der Waals surface area contributed by atoms with Crippen LogP contribution in [0.3, 0.4) is 0 Å². The lowest BCUT2D eigenvalue weighted by atomic mass is 9.96. The van der Waals surface area contributed by atoms with Crippen molar-refractivity contribution in [3.63, 3.8) is 0 Å². The van der Waals surface area contributed by atoms with Gasteiger partial charge in [-0.05, 0) is 48.9 Å². The highest BCUT2D eigenvalue weighted by atomic mass is 32.2. The molecule has 3 rings (SSSR count). The van der Waals surface area contributed by atoms with Crippen molar-refractivity contribution < 1.29 is 28.0 Å². The van der Waals surface area contributed by atoms with E-state index in [9.17, 15) is 33.2 Å². The summed E-state index contributed by atoms with van der Waals surface area (Å²) in [6, 6.07) is 9.15. The topological polar surface area (TPSA) is 161 Å². The number of sulfonamides is 1. The first kappa shape index (κ1) is 20.2. The summed E-state index contributed by atoms with van der Waals surface area (Å²) in [5, 5.41) is 26.2. The summed E-state index contributed by atoms with van der Waals surface area (Å²) >= 11 is 0. The van der Waals surface area contributed by atoms with Crippen molar-refractivity contribution in [1.29, 1.82) is 0 Å². The molecule has 2 aromatic rings. The summed E-state index contributed by atoms with van der Waals surface area (Å²) in [4.78, 5) is 36.0. The molecule has 1 aliphatic heterocycles. The van der Waals surface area contributed by atoms with Crippen LogP contribution in [0.25, 0.3) is 0 Å². The van der Waals surface area contributed by atoms with Crippen LogP contribution in [0.5, 0.6) is 0 Å². The van der Waals surface area contributed by atoms with Crippen LogP contribution in [0.2, 0.25) is 0 Å². The van der Waals surface area contributed by atoms with Crippen molar-refractivity contribution in [2.24, 2.45) is 5.14 Å². The first-order valence-corrected chi connectivity index (χ1v) is 9.72. The van der Waals surface area contributed by atoms with Crippen LogP contribution in [0, 0.1) is 10.1 Å². The maximum absolute atomic E-state index is 12.7. The highest BCUT2D eigenvalue weighted by Crippen LogP contribution is 2.41. The summed E-state index contributed by atoms with van der Waals surface area (Å²) in [5.74, 6) is -2.15. The summed E-state index contributed by atoms with van der Waals surface area (Å²) in [7, 11) is -3.95. The van der Waals surface area contributed by atoms with Gasteiger partial charge in [-0.1, -0.05) is 0 Å². The number of rotatable bonds is 5. The smallest absolute Gasteiger partial charge is 0.294 e.